The fourth-order valence-corrected chi connectivity index (χ4v) is 13.3. The van der Waals surface area contributed by atoms with E-state index >= 15 is 0 Å². The molecule has 4 aliphatic carbocycles. The van der Waals surface area contributed by atoms with E-state index in [4.69, 9.17) is 31.4 Å². The molecule has 0 aromatic rings. The van der Waals surface area contributed by atoms with E-state index < -0.39 is 0 Å². The lowest BCUT2D eigenvalue weighted by atomic mass is 9.43. The van der Waals surface area contributed by atoms with Gasteiger partial charge in [-0.25, -0.2) is 0 Å². The summed E-state index contributed by atoms with van der Waals surface area (Å²) in [5, 5.41) is 3.24. The smallest absolute Gasteiger partial charge is 0.234 e. The summed E-state index contributed by atoms with van der Waals surface area (Å²) in [5.41, 5.74) is 18.1. The van der Waals surface area contributed by atoms with Crippen molar-refractivity contribution in [1.29, 1.82) is 0 Å². The Morgan fingerprint density at radius 3 is 1.80 bits per heavy atom. The molecule has 0 aromatic heterocycles. The number of amides is 1. The van der Waals surface area contributed by atoms with Gasteiger partial charge in [-0.15, -0.1) is 0 Å². The van der Waals surface area contributed by atoms with Gasteiger partial charge in [-0.1, -0.05) is 20.8 Å². The molecule has 5 rings (SSSR count). The first-order chi connectivity index (χ1) is 31.1. The summed E-state index contributed by atoms with van der Waals surface area (Å²) in [6.45, 7) is 18.6. The third-order valence-corrected chi connectivity index (χ3v) is 16.9. The van der Waals surface area contributed by atoms with E-state index in [9.17, 15) is 19.2 Å². The number of ether oxygens (including phenoxy) is 3. The lowest BCUT2D eigenvalue weighted by Crippen LogP contribution is -2.63. The fraction of sp³-hybridized carbons (Fsp3) is 0.918. The number of fused-ring (bicyclic) bond motifs is 5. The van der Waals surface area contributed by atoms with Crippen molar-refractivity contribution in [3.05, 3.63) is 0 Å². The quantitative estimate of drug-likeness (QED) is 0.0770. The third kappa shape index (κ3) is 14.1. The van der Waals surface area contributed by atoms with Crippen LogP contribution in [0.25, 0.3) is 0 Å². The van der Waals surface area contributed by atoms with Gasteiger partial charge in [-0.2, -0.15) is 0 Å². The maximum Gasteiger partial charge on any atom is 0.234 e. The SMILES string of the molecule is C[C@H](CCCNC(=O)CN1CCN(CC=O)CCN(CC=O)CCN(CC=O)CC1)[C@H]1CC[C@H]2C3[C@H](OCCCN)CC4C[C@H](OCCCN)CCC4(C)[C@H]3C[C@H](OCCCN)[C@]12C. The molecule has 5 aliphatic rings. The van der Waals surface area contributed by atoms with Gasteiger partial charge in [0.1, 0.15) is 18.9 Å². The van der Waals surface area contributed by atoms with Crippen molar-refractivity contribution < 1.29 is 33.4 Å². The maximum absolute atomic E-state index is 13.5. The molecule has 1 aliphatic heterocycles. The average molecular weight is 903 g/mol. The van der Waals surface area contributed by atoms with Gasteiger partial charge in [0.2, 0.25) is 5.91 Å². The number of nitrogens with two attached hydrogens (primary N) is 3. The number of nitrogens with one attached hydrogen (secondary N) is 1. The van der Waals surface area contributed by atoms with Gasteiger partial charge < -0.3 is 51.1 Å². The van der Waals surface area contributed by atoms with Gasteiger partial charge in [0, 0.05) is 84.1 Å². The summed E-state index contributed by atoms with van der Waals surface area (Å²) < 4.78 is 20.4. The Kier molecular flexibility index (Phi) is 22.5. The van der Waals surface area contributed by atoms with Crippen molar-refractivity contribution in [2.45, 2.75) is 116 Å². The van der Waals surface area contributed by atoms with Crippen molar-refractivity contribution in [3.63, 3.8) is 0 Å². The van der Waals surface area contributed by atoms with Gasteiger partial charge in [0.15, 0.2) is 0 Å². The summed E-state index contributed by atoms with van der Waals surface area (Å²) in [5.74, 6) is 3.07. The van der Waals surface area contributed by atoms with Crippen molar-refractivity contribution in [2.75, 3.05) is 125 Å². The van der Waals surface area contributed by atoms with E-state index in [2.05, 4.69) is 45.7 Å². The largest absolute Gasteiger partial charge is 0.378 e. The molecule has 7 N–H and O–H groups in total. The highest BCUT2D eigenvalue weighted by atomic mass is 16.5. The highest BCUT2D eigenvalue weighted by Crippen LogP contribution is 2.69. The molecule has 1 amide bonds. The summed E-state index contributed by atoms with van der Waals surface area (Å²) in [6.07, 6.45) is 15.9. The van der Waals surface area contributed by atoms with Crippen LogP contribution in [-0.4, -0.2) is 187 Å². The number of rotatable bonds is 25. The molecule has 11 atom stereocenters. The van der Waals surface area contributed by atoms with Gasteiger partial charge in [0.05, 0.1) is 44.5 Å². The Morgan fingerprint density at radius 2 is 1.23 bits per heavy atom. The predicted molar refractivity (Wildman–Crippen MR) is 252 cm³/mol. The molecular formula is C49H90N8O7. The summed E-state index contributed by atoms with van der Waals surface area (Å²) in [4.78, 5) is 56.3. The highest BCUT2D eigenvalue weighted by Gasteiger charge is 2.66. The Hall–Kier alpha value is -1.92. The highest BCUT2D eigenvalue weighted by molar-refractivity contribution is 5.78. The predicted octanol–water partition coefficient (Wildman–Crippen LogP) is 2.42. The average Bonchev–Trinajstić information content (AvgIpc) is 3.64. The molecule has 0 bridgehead atoms. The molecule has 15 heteroatoms. The first kappa shape index (κ1) is 53.0. The Balaban J connectivity index is 1.22. The molecule has 64 heavy (non-hydrogen) atoms. The number of hydrogen-bond acceptors (Lipinski definition) is 14. The first-order valence-corrected chi connectivity index (χ1v) is 25.5. The topological polar surface area (TPSA) is 199 Å². The monoisotopic (exact) mass is 903 g/mol. The van der Waals surface area contributed by atoms with Crippen LogP contribution in [0.2, 0.25) is 0 Å². The van der Waals surface area contributed by atoms with E-state index in [0.717, 1.165) is 83.3 Å². The molecule has 3 unspecified atom stereocenters. The number of nitrogens with zero attached hydrogens (tertiary/aromatic N) is 4. The van der Waals surface area contributed by atoms with E-state index in [1.807, 2.05) is 0 Å². The van der Waals surface area contributed by atoms with Crippen LogP contribution < -0.4 is 22.5 Å². The van der Waals surface area contributed by atoms with Gasteiger partial charge >= 0.3 is 0 Å². The van der Waals surface area contributed by atoms with Gasteiger partial charge in [-0.3, -0.25) is 24.4 Å². The number of carbonyl (C=O) groups is 4. The zero-order valence-electron chi connectivity index (χ0n) is 40.2. The van der Waals surface area contributed by atoms with E-state index in [0.29, 0.717) is 153 Å². The van der Waals surface area contributed by atoms with Crippen LogP contribution in [0.4, 0.5) is 0 Å². The summed E-state index contributed by atoms with van der Waals surface area (Å²) >= 11 is 0. The molecule has 1 heterocycles. The normalized spacial score (nSPS) is 34.1. The van der Waals surface area contributed by atoms with Gasteiger partial charge in [-0.05, 0) is 138 Å². The van der Waals surface area contributed by atoms with E-state index in [1.54, 1.807) is 0 Å². The van der Waals surface area contributed by atoms with Crippen molar-refractivity contribution in [1.82, 2.24) is 24.9 Å². The maximum atomic E-state index is 13.5. The number of hydrogen-bond donors (Lipinski definition) is 4. The van der Waals surface area contributed by atoms with Crippen molar-refractivity contribution >= 4 is 24.8 Å². The first-order valence-electron chi connectivity index (χ1n) is 25.5. The standard InChI is InChI=1S/C49H90N8O7/c1-38(8-4-16-53-46(61)37-57-23-21-55(26-29-59)19-17-54(25-28-58)18-20-56(22-24-57)27-30-60)41-9-10-42-47-43(36-45(49(41,42)3)64-33-7-15-52)48(2)12-11-40(62-31-5-13-50)34-39(48)35-44(47)63-32-6-14-51/h28-30,38-45,47H,4-27,31-37,50-52H2,1-3H3,(H,53,61)/t38-,39?,40-,41-,42+,43+,44-,45+,47?,48?,49-/m1/s1. The van der Waals surface area contributed by atoms with Gasteiger partial charge in [0.25, 0.3) is 0 Å². The van der Waals surface area contributed by atoms with Crippen LogP contribution in [0.3, 0.4) is 0 Å². The minimum atomic E-state index is 0.00120. The molecule has 0 radical (unpaired) electrons. The fourth-order valence-electron chi connectivity index (χ4n) is 13.3. The van der Waals surface area contributed by atoms with E-state index in [1.165, 1.54) is 19.3 Å². The van der Waals surface area contributed by atoms with Crippen LogP contribution in [0.1, 0.15) is 97.8 Å². The molecule has 15 nitrogen and oxygen atoms in total. The Bertz CT molecular complexity index is 1370. The van der Waals surface area contributed by atoms with Crippen LogP contribution in [0.5, 0.6) is 0 Å². The van der Waals surface area contributed by atoms with E-state index in [-0.39, 0.29) is 35.5 Å². The molecule has 5 fully saturated rings. The minimum Gasteiger partial charge on any atom is -0.378 e. The van der Waals surface area contributed by atoms with Crippen LogP contribution >= 0.6 is 0 Å². The zero-order valence-corrected chi connectivity index (χ0v) is 40.2. The van der Waals surface area contributed by atoms with Crippen LogP contribution in [-0.2, 0) is 33.4 Å². The molecule has 0 spiro atoms. The van der Waals surface area contributed by atoms with Crippen molar-refractivity contribution in [3.8, 4) is 0 Å². The van der Waals surface area contributed by atoms with Crippen molar-refractivity contribution in [2.24, 2.45) is 63.5 Å². The number of carbonyl (C=O) groups excluding carboxylic acids is 4. The van der Waals surface area contributed by atoms with Crippen LogP contribution in [0, 0.1) is 46.3 Å². The summed E-state index contributed by atoms with van der Waals surface area (Å²) in [7, 11) is 0. The second-order valence-corrected chi connectivity index (χ2v) is 20.6. The minimum absolute atomic E-state index is 0.00120. The summed E-state index contributed by atoms with van der Waals surface area (Å²) in [6, 6.07) is 0. The molecule has 368 valence electrons. The molecular weight excluding hydrogens is 813 g/mol. The zero-order chi connectivity index (χ0) is 46.0. The number of aldehydes is 3. The third-order valence-electron chi connectivity index (χ3n) is 16.9. The molecule has 0 aromatic carbocycles. The Labute approximate surface area is 386 Å². The van der Waals surface area contributed by atoms with Crippen LogP contribution in [0.15, 0.2) is 0 Å². The second-order valence-electron chi connectivity index (χ2n) is 20.6. The molecule has 1 saturated heterocycles. The molecule has 4 saturated carbocycles. The second kappa shape index (κ2) is 27.2. The lowest BCUT2D eigenvalue weighted by Gasteiger charge is -2.65. The lowest BCUT2D eigenvalue weighted by molar-refractivity contribution is -0.227. The Morgan fingerprint density at radius 1 is 0.688 bits per heavy atom.